The summed E-state index contributed by atoms with van der Waals surface area (Å²) in [5.41, 5.74) is 0.559. The number of carbonyl (C=O) groups excluding carboxylic acids is 2. The lowest BCUT2D eigenvalue weighted by Gasteiger charge is -2.39. The van der Waals surface area contributed by atoms with Crippen LogP contribution in [0.4, 0.5) is 4.39 Å². The van der Waals surface area contributed by atoms with Crippen molar-refractivity contribution in [2.45, 2.75) is 38.1 Å². The molecule has 2 amide bonds. The Morgan fingerprint density at radius 2 is 1.97 bits per heavy atom. The Kier molecular flexibility index (Phi) is 6.89. The Balaban J connectivity index is 1.78. The molecule has 0 radical (unpaired) electrons. The molecule has 0 spiro atoms. The van der Waals surface area contributed by atoms with Crippen LogP contribution in [0.2, 0.25) is 0 Å². The molecule has 0 aromatic heterocycles. The van der Waals surface area contributed by atoms with Crippen LogP contribution in [0.15, 0.2) is 24.3 Å². The van der Waals surface area contributed by atoms with E-state index < -0.39 is 15.8 Å². The van der Waals surface area contributed by atoms with Crippen LogP contribution in [-0.2, 0) is 26.0 Å². The minimum absolute atomic E-state index is 0.0244. The van der Waals surface area contributed by atoms with Crippen molar-refractivity contribution in [3.63, 3.8) is 0 Å². The number of fused-ring (bicyclic) bond motifs is 1. The van der Waals surface area contributed by atoms with Gasteiger partial charge in [-0.05, 0) is 30.5 Å². The zero-order valence-electron chi connectivity index (χ0n) is 16.6. The summed E-state index contributed by atoms with van der Waals surface area (Å²) in [5.74, 6) is -1.13. The number of nitrogens with zero attached hydrogens (tertiary/aromatic N) is 2. The summed E-state index contributed by atoms with van der Waals surface area (Å²) in [6.45, 7) is 0.993. The van der Waals surface area contributed by atoms with Crippen molar-refractivity contribution in [3.8, 4) is 0 Å². The normalized spacial score (nSPS) is 24.5. The van der Waals surface area contributed by atoms with E-state index in [9.17, 15) is 22.4 Å². The summed E-state index contributed by atoms with van der Waals surface area (Å²) in [5, 5.41) is 2.87. The smallest absolute Gasteiger partial charge is 0.227 e. The highest BCUT2D eigenvalue weighted by Gasteiger charge is 2.39. The first-order valence-corrected chi connectivity index (χ1v) is 11.9. The fraction of sp³-hybridized carbons (Fsp3) is 0.600. The summed E-state index contributed by atoms with van der Waals surface area (Å²) in [6.07, 6.45) is 4.28. The van der Waals surface area contributed by atoms with Crippen LogP contribution in [0.5, 0.6) is 0 Å². The molecule has 9 heteroatoms. The Morgan fingerprint density at radius 1 is 1.21 bits per heavy atom. The second-order valence-corrected chi connectivity index (χ2v) is 9.75. The highest BCUT2D eigenvalue weighted by molar-refractivity contribution is 7.88. The Morgan fingerprint density at radius 3 is 2.69 bits per heavy atom. The van der Waals surface area contributed by atoms with Crippen molar-refractivity contribution in [2.24, 2.45) is 5.92 Å². The van der Waals surface area contributed by atoms with E-state index in [2.05, 4.69) is 5.32 Å². The van der Waals surface area contributed by atoms with E-state index in [-0.39, 0.29) is 49.8 Å². The van der Waals surface area contributed by atoms with Crippen LogP contribution in [0.3, 0.4) is 0 Å². The lowest BCUT2D eigenvalue weighted by atomic mass is 9.83. The van der Waals surface area contributed by atoms with Crippen molar-refractivity contribution in [3.05, 3.63) is 35.6 Å². The Hall–Kier alpha value is -2.00. The molecule has 2 aliphatic rings. The first-order chi connectivity index (χ1) is 13.8. The van der Waals surface area contributed by atoms with Gasteiger partial charge in [0.15, 0.2) is 0 Å². The minimum atomic E-state index is -3.54. The SMILES string of the molecule is CS(=O)(=O)N1CCN(C(=O)Cc2cccc(F)c2)CCNC(=O)[C@H]2CCCC[C@H]21. The molecule has 160 valence electrons. The van der Waals surface area contributed by atoms with Gasteiger partial charge >= 0.3 is 0 Å². The van der Waals surface area contributed by atoms with E-state index in [1.54, 1.807) is 17.0 Å². The third-order valence-electron chi connectivity index (χ3n) is 5.73. The van der Waals surface area contributed by atoms with Gasteiger partial charge in [0.1, 0.15) is 5.82 Å². The predicted octanol–water partition coefficient (Wildman–Crippen LogP) is 1.15. The van der Waals surface area contributed by atoms with Gasteiger partial charge in [-0.15, -0.1) is 0 Å². The van der Waals surface area contributed by atoms with E-state index in [1.807, 2.05) is 0 Å². The van der Waals surface area contributed by atoms with Crippen LogP contribution in [0.25, 0.3) is 0 Å². The Labute approximate surface area is 171 Å². The molecule has 2 atom stereocenters. The third kappa shape index (κ3) is 5.54. The molecule has 1 aliphatic heterocycles. The van der Waals surface area contributed by atoms with Crippen LogP contribution in [0.1, 0.15) is 31.2 Å². The molecule has 7 nitrogen and oxygen atoms in total. The van der Waals surface area contributed by atoms with Crippen molar-refractivity contribution in [2.75, 3.05) is 32.4 Å². The number of benzene rings is 1. The molecule has 0 bridgehead atoms. The molecule has 2 fully saturated rings. The number of hydrogen-bond acceptors (Lipinski definition) is 4. The van der Waals surface area contributed by atoms with Crippen molar-refractivity contribution >= 4 is 21.8 Å². The zero-order valence-corrected chi connectivity index (χ0v) is 17.5. The van der Waals surface area contributed by atoms with E-state index >= 15 is 0 Å². The molecule has 1 heterocycles. The molecular formula is C20H28FN3O4S. The maximum absolute atomic E-state index is 13.4. The van der Waals surface area contributed by atoms with Crippen molar-refractivity contribution in [1.82, 2.24) is 14.5 Å². The second-order valence-electron chi connectivity index (χ2n) is 7.81. The van der Waals surface area contributed by atoms with Crippen LogP contribution < -0.4 is 5.32 Å². The number of amides is 2. The van der Waals surface area contributed by atoms with Gasteiger partial charge in [0, 0.05) is 32.2 Å². The second kappa shape index (κ2) is 9.21. The fourth-order valence-corrected chi connectivity index (χ4v) is 5.46. The lowest BCUT2D eigenvalue weighted by molar-refractivity contribution is -0.133. The molecule has 1 N–H and O–H groups in total. The highest BCUT2D eigenvalue weighted by Crippen LogP contribution is 2.30. The minimum Gasteiger partial charge on any atom is -0.354 e. The van der Waals surface area contributed by atoms with Crippen molar-refractivity contribution in [1.29, 1.82) is 0 Å². The number of rotatable bonds is 3. The van der Waals surface area contributed by atoms with E-state index in [0.717, 1.165) is 19.1 Å². The van der Waals surface area contributed by atoms with Gasteiger partial charge < -0.3 is 10.2 Å². The molecule has 1 saturated carbocycles. The Bertz CT molecular complexity index is 861. The molecule has 0 unspecified atom stereocenters. The summed E-state index contributed by atoms with van der Waals surface area (Å²) >= 11 is 0. The largest absolute Gasteiger partial charge is 0.354 e. The topological polar surface area (TPSA) is 86.8 Å². The van der Waals surface area contributed by atoms with Gasteiger partial charge in [-0.3, -0.25) is 9.59 Å². The first kappa shape index (κ1) is 21.7. The standard InChI is InChI=1S/C20H28FN3O4S/c1-29(27,28)24-12-11-23(19(25)14-15-5-4-6-16(21)13-15)10-9-22-20(26)17-7-2-3-8-18(17)24/h4-6,13,17-18H,2-3,7-12,14H2,1H3,(H,22,26)/t17-,18+/m0/s1. The molecule has 1 aromatic carbocycles. The molecule has 1 aliphatic carbocycles. The van der Waals surface area contributed by atoms with Gasteiger partial charge in [0.2, 0.25) is 21.8 Å². The molecule has 29 heavy (non-hydrogen) atoms. The summed E-state index contributed by atoms with van der Waals surface area (Å²) in [6, 6.07) is 5.49. The predicted molar refractivity (Wildman–Crippen MR) is 107 cm³/mol. The average molecular weight is 426 g/mol. The first-order valence-electron chi connectivity index (χ1n) is 10.0. The van der Waals surface area contributed by atoms with E-state index in [4.69, 9.17) is 0 Å². The maximum atomic E-state index is 13.4. The number of nitrogens with one attached hydrogen (secondary N) is 1. The maximum Gasteiger partial charge on any atom is 0.227 e. The number of carbonyl (C=O) groups is 2. The number of halogens is 1. The third-order valence-corrected chi connectivity index (χ3v) is 7.04. The lowest BCUT2D eigenvalue weighted by Crippen LogP contribution is -2.55. The highest BCUT2D eigenvalue weighted by atomic mass is 32.2. The van der Waals surface area contributed by atoms with Crippen LogP contribution in [-0.4, -0.2) is 67.9 Å². The monoisotopic (exact) mass is 425 g/mol. The summed E-state index contributed by atoms with van der Waals surface area (Å²) in [4.78, 5) is 27.0. The zero-order chi connectivity index (χ0) is 21.0. The fourth-order valence-electron chi connectivity index (χ4n) is 4.30. The molecular weight excluding hydrogens is 397 g/mol. The van der Waals surface area contributed by atoms with E-state index in [1.165, 1.54) is 16.4 Å². The van der Waals surface area contributed by atoms with Gasteiger partial charge in [0.05, 0.1) is 18.6 Å². The van der Waals surface area contributed by atoms with Crippen LogP contribution >= 0.6 is 0 Å². The molecule has 1 saturated heterocycles. The van der Waals surface area contributed by atoms with Gasteiger partial charge in [0.25, 0.3) is 0 Å². The van der Waals surface area contributed by atoms with Gasteiger partial charge in [-0.1, -0.05) is 25.0 Å². The van der Waals surface area contributed by atoms with Gasteiger partial charge in [-0.2, -0.15) is 4.31 Å². The van der Waals surface area contributed by atoms with E-state index in [0.29, 0.717) is 24.9 Å². The number of sulfonamides is 1. The quantitative estimate of drug-likeness (QED) is 0.787. The van der Waals surface area contributed by atoms with Crippen molar-refractivity contribution < 1.29 is 22.4 Å². The summed E-state index contributed by atoms with van der Waals surface area (Å²) in [7, 11) is -3.54. The number of hydrogen-bond donors (Lipinski definition) is 1. The van der Waals surface area contributed by atoms with Gasteiger partial charge in [-0.25, -0.2) is 12.8 Å². The van der Waals surface area contributed by atoms with Crippen LogP contribution in [0, 0.1) is 11.7 Å². The molecule has 1 aromatic rings. The summed E-state index contributed by atoms with van der Waals surface area (Å²) < 4.78 is 39.7. The average Bonchev–Trinajstić information content (AvgIpc) is 2.65. The molecule has 3 rings (SSSR count).